The first-order valence-electron chi connectivity index (χ1n) is 11.9. The van der Waals surface area contributed by atoms with Gasteiger partial charge in [0.25, 0.3) is 5.91 Å². The molecule has 1 atom stereocenters. The van der Waals surface area contributed by atoms with Crippen LogP contribution in [0.1, 0.15) is 69.8 Å². The third kappa shape index (κ3) is 7.98. The van der Waals surface area contributed by atoms with Crippen LogP contribution in [0.3, 0.4) is 0 Å². The third-order valence-corrected chi connectivity index (χ3v) is 5.63. The molecule has 0 aliphatic carbocycles. The second kappa shape index (κ2) is 11.3. The fourth-order valence-corrected chi connectivity index (χ4v) is 4.29. The fraction of sp³-hybridized carbons (Fsp3) is 0.464. The molecular formula is C28H38ClN3O4. The number of carbonyl (C=O) groups is 3. The molecule has 1 unspecified atom stereocenters. The van der Waals surface area contributed by atoms with Crippen LogP contribution in [0.2, 0.25) is 5.02 Å². The van der Waals surface area contributed by atoms with Crippen LogP contribution in [0, 0.1) is 20.8 Å². The number of aryl methyl sites for hydroxylation is 3. The molecule has 36 heavy (non-hydrogen) atoms. The Bertz CT molecular complexity index is 1090. The number of benzene rings is 2. The molecule has 0 saturated heterocycles. The molecule has 0 aliphatic heterocycles. The van der Waals surface area contributed by atoms with Crippen molar-refractivity contribution >= 4 is 35.2 Å². The van der Waals surface area contributed by atoms with Crippen LogP contribution in [0.25, 0.3) is 0 Å². The van der Waals surface area contributed by atoms with Gasteiger partial charge in [-0.2, -0.15) is 0 Å². The largest absolute Gasteiger partial charge is 0.444 e. The third-order valence-electron chi connectivity index (χ3n) is 5.31. The molecule has 3 amide bonds. The summed E-state index contributed by atoms with van der Waals surface area (Å²) in [6, 6.07) is 10.2. The van der Waals surface area contributed by atoms with Crippen molar-refractivity contribution in [2.45, 2.75) is 79.5 Å². The van der Waals surface area contributed by atoms with Crippen molar-refractivity contribution in [1.29, 1.82) is 0 Å². The summed E-state index contributed by atoms with van der Waals surface area (Å²) in [7, 11) is 0. The van der Waals surface area contributed by atoms with Crippen LogP contribution in [0.15, 0.2) is 36.4 Å². The van der Waals surface area contributed by atoms with Crippen LogP contribution in [0.4, 0.5) is 10.5 Å². The van der Waals surface area contributed by atoms with E-state index in [0.29, 0.717) is 16.3 Å². The Morgan fingerprint density at radius 1 is 0.972 bits per heavy atom. The van der Waals surface area contributed by atoms with Crippen LogP contribution in [-0.2, 0) is 14.3 Å². The molecule has 0 spiro atoms. The molecule has 2 rings (SSSR count). The van der Waals surface area contributed by atoms with Crippen LogP contribution in [-0.4, -0.2) is 40.5 Å². The number of alkyl carbamates (subject to hydrolysis) is 1. The van der Waals surface area contributed by atoms with Gasteiger partial charge in [0.1, 0.15) is 18.2 Å². The van der Waals surface area contributed by atoms with Crippen molar-refractivity contribution in [1.82, 2.24) is 10.2 Å². The molecule has 2 N–H and O–H groups in total. The van der Waals surface area contributed by atoms with Crippen molar-refractivity contribution < 1.29 is 19.1 Å². The highest BCUT2D eigenvalue weighted by molar-refractivity contribution is 6.34. The normalized spacial score (nSPS) is 12.5. The molecule has 196 valence electrons. The van der Waals surface area contributed by atoms with Crippen molar-refractivity contribution in [2.24, 2.45) is 0 Å². The smallest absolute Gasteiger partial charge is 0.408 e. The molecular weight excluding hydrogens is 478 g/mol. The van der Waals surface area contributed by atoms with Crippen LogP contribution >= 0.6 is 11.6 Å². The van der Waals surface area contributed by atoms with E-state index in [1.54, 1.807) is 26.8 Å². The summed E-state index contributed by atoms with van der Waals surface area (Å²) in [5.41, 5.74) is 2.42. The quantitative estimate of drug-likeness (QED) is 0.486. The highest BCUT2D eigenvalue weighted by Crippen LogP contribution is 2.33. The van der Waals surface area contributed by atoms with Crippen molar-refractivity contribution in [2.75, 3.05) is 11.9 Å². The molecule has 7 nitrogen and oxygen atoms in total. The summed E-state index contributed by atoms with van der Waals surface area (Å²) in [6.07, 6.45) is -0.705. The Morgan fingerprint density at radius 3 is 2.06 bits per heavy atom. The molecule has 0 heterocycles. The first-order valence-corrected chi connectivity index (χ1v) is 12.3. The Morgan fingerprint density at radius 2 is 1.56 bits per heavy atom. The lowest BCUT2D eigenvalue weighted by Gasteiger charge is -2.41. The molecule has 0 bridgehead atoms. The number of rotatable bonds is 6. The molecule has 8 heteroatoms. The number of amides is 3. The zero-order valence-corrected chi connectivity index (χ0v) is 23.5. The number of hydrogen-bond donors (Lipinski definition) is 2. The zero-order chi connectivity index (χ0) is 27.4. The molecule has 0 aliphatic rings. The Labute approximate surface area is 219 Å². The van der Waals surface area contributed by atoms with Crippen LogP contribution < -0.4 is 10.6 Å². The number of nitrogens with one attached hydrogen (secondary N) is 2. The molecule has 2 aromatic rings. The van der Waals surface area contributed by atoms with Crippen molar-refractivity contribution in [3.05, 3.63) is 63.7 Å². The van der Waals surface area contributed by atoms with Gasteiger partial charge < -0.3 is 20.3 Å². The first-order chi connectivity index (χ1) is 16.5. The van der Waals surface area contributed by atoms with Gasteiger partial charge in [0.2, 0.25) is 5.91 Å². The fourth-order valence-electron chi connectivity index (χ4n) is 4.02. The van der Waals surface area contributed by atoms with Gasteiger partial charge in [-0.25, -0.2) is 4.79 Å². The maximum Gasteiger partial charge on any atom is 0.408 e. The highest BCUT2D eigenvalue weighted by atomic mass is 35.5. The summed E-state index contributed by atoms with van der Waals surface area (Å²) < 4.78 is 5.27. The van der Waals surface area contributed by atoms with E-state index in [9.17, 15) is 14.4 Å². The van der Waals surface area contributed by atoms with Gasteiger partial charge in [-0.15, -0.1) is 0 Å². The van der Waals surface area contributed by atoms with Gasteiger partial charge in [-0.1, -0.05) is 53.1 Å². The van der Waals surface area contributed by atoms with Gasteiger partial charge in [0.05, 0.1) is 10.7 Å². The predicted molar refractivity (Wildman–Crippen MR) is 144 cm³/mol. The summed E-state index contributed by atoms with van der Waals surface area (Å²) in [4.78, 5) is 41.2. The van der Waals surface area contributed by atoms with Crippen LogP contribution in [0.5, 0.6) is 0 Å². The highest BCUT2D eigenvalue weighted by Gasteiger charge is 2.39. The maximum atomic E-state index is 13.9. The van der Waals surface area contributed by atoms with Crippen molar-refractivity contribution in [3.63, 3.8) is 0 Å². The van der Waals surface area contributed by atoms with E-state index in [0.717, 1.165) is 16.7 Å². The second-order valence-electron chi connectivity index (χ2n) is 11.0. The lowest BCUT2D eigenvalue weighted by Crippen LogP contribution is -2.54. The van der Waals surface area contributed by atoms with E-state index in [1.807, 2.05) is 71.9 Å². The van der Waals surface area contributed by atoms with E-state index in [4.69, 9.17) is 16.3 Å². The van der Waals surface area contributed by atoms with Gasteiger partial charge in [-0.3, -0.25) is 9.59 Å². The number of anilines is 1. The van der Waals surface area contributed by atoms with E-state index in [2.05, 4.69) is 10.6 Å². The number of nitrogens with zero attached hydrogens (tertiary/aromatic N) is 1. The van der Waals surface area contributed by atoms with Crippen molar-refractivity contribution in [3.8, 4) is 0 Å². The van der Waals surface area contributed by atoms with Gasteiger partial charge in [0.15, 0.2) is 0 Å². The number of carbonyl (C=O) groups excluding carboxylic acids is 3. The molecule has 2 aromatic carbocycles. The van der Waals surface area contributed by atoms with E-state index >= 15 is 0 Å². The van der Waals surface area contributed by atoms with E-state index < -0.39 is 35.1 Å². The average Bonchev–Trinajstić information content (AvgIpc) is 2.70. The summed E-state index contributed by atoms with van der Waals surface area (Å²) in [5.74, 6) is -0.833. The second-order valence-corrected chi connectivity index (χ2v) is 11.4. The minimum absolute atomic E-state index is 0.327. The van der Waals surface area contributed by atoms with Gasteiger partial charge >= 0.3 is 6.09 Å². The standard InChI is InChI=1S/C28H38ClN3O4/c1-17-13-18(2)15-20(14-17)24(25(34)31-23-19(3)11-10-12-21(23)29)32(27(4,5)6)22(33)16-30-26(35)36-28(7,8)9/h10-15,24H,16H2,1-9H3,(H,30,35)(H,31,34). The predicted octanol–water partition coefficient (Wildman–Crippen LogP) is 6.10. The zero-order valence-electron chi connectivity index (χ0n) is 22.7. The summed E-state index contributed by atoms with van der Waals surface area (Å²) in [6.45, 7) is 16.2. The molecule has 0 aromatic heterocycles. The minimum Gasteiger partial charge on any atom is -0.444 e. The molecule has 0 fully saturated rings. The molecule has 0 radical (unpaired) electrons. The summed E-state index contributed by atoms with van der Waals surface area (Å²) >= 11 is 6.39. The Balaban J connectivity index is 2.52. The monoisotopic (exact) mass is 515 g/mol. The number of hydrogen-bond acceptors (Lipinski definition) is 4. The topological polar surface area (TPSA) is 87.7 Å². The summed E-state index contributed by atoms with van der Waals surface area (Å²) in [5, 5.41) is 5.87. The SMILES string of the molecule is Cc1cc(C)cc(C(C(=O)Nc2c(C)cccc2Cl)N(C(=O)CNC(=O)OC(C)(C)C)C(C)(C)C)c1. The maximum absolute atomic E-state index is 13.9. The molecule has 0 saturated carbocycles. The lowest BCUT2D eigenvalue weighted by molar-refractivity contribution is -0.144. The number of ether oxygens (including phenoxy) is 1. The lowest BCUT2D eigenvalue weighted by atomic mass is 9.94. The Kier molecular flexibility index (Phi) is 9.18. The number of para-hydroxylation sites is 1. The first kappa shape index (κ1) is 29.2. The van der Waals surface area contributed by atoms with Gasteiger partial charge in [0, 0.05) is 5.54 Å². The average molecular weight is 516 g/mol. The van der Waals surface area contributed by atoms with E-state index in [-0.39, 0.29) is 6.54 Å². The minimum atomic E-state index is -0.979. The number of halogens is 1. The van der Waals surface area contributed by atoms with E-state index in [1.165, 1.54) is 4.90 Å². The Hall–Kier alpha value is -3.06. The van der Waals surface area contributed by atoms with Gasteiger partial charge in [-0.05, 0) is 79.5 Å².